The Morgan fingerprint density at radius 2 is 2.11 bits per heavy atom. The lowest BCUT2D eigenvalue weighted by atomic mass is 9.95. The number of amides is 1. The Morgan fingerprint density at radius 1 is 1.44 bits per heavy atom. The minimum Gasteiger partial charge on any atom is -0.394 e. The van der Waals surface area contributed by atoms with Gasteiger partial charge >= 0.3 is 0 Å². The Bertz CT molecular complexity index is 301. The number of aliphatic hydroxyl groups is 1. The smallest absolute Gasteiger partial charge is 0.225 e. The van der Waals surface area contributed by atoms with Crippen LogP contribution in [-0.4, -0.2) is 60.4 Å². The molecular formula is C13H24N2O3. The maximum absolute atomic E-state index is 12.5. The normalized spacial score (nSPS) is 29.3. The van der Waals surface area contributed by atoms with Crippen LogP contribution in [0.2, 0.25) is 0 Å². The van der Waals surface area contributed by atoms with Crippen LogP contribution >= 0.6 is 0 Å². The van der Waals surface area contributed by atoms with Crippen molar-refractivity contribution in [1.29, 1.82) is 0 Å². The van der Waals surface area contributed by atoms with E-state index in [-0.39, 0.29) is 30.1 Å². The van der Waals surface area contributed by atoms with E-state index in [1.165, 1.54) is 0 Å². The van der Waals surface area contributed by atoms with Crippen LogP contribution in [0.25, 0.3) is 0 Å². The first kappa shape index (κ1) is 13.8. The Labute approximate surface area is 108 Å². The van der Waals surface area contributed by atoms with Gasteiger partial charge in [-0.05, 0) is 39.8 Å². The molecule has 2 saturated heterocycles. The molecule has 0 bridgehead atoms. The summed E-state index contributed by atoms with van der Waals surface area (Å²) >= 11 is 0. The van der Waals surface area contributed by atoms with Crippen molar-refractivity contribution in [2.45, 2.75) is 38.4 Å². The fourth-order valence-corrected chi connectivity index (χ4v) is 2.89. The summed E-state index contributed by atoms with van der Waals surface area (Å²) in [7, 11) is 0. The lowest BCUT2D eigenvalue weighted by Gasteiger charge is -2.43. The molecule has 2 aliphatic heterocycles. The number of carbonyl (C=O) groups excluding carboxylic acids is 1. The van der Waals surface area contributed by atoms with Gasteiger partial charge in [0.15, 0.2) is 0 Å². The van der Waals surface area contributed by atoms with E-state index < -0.39 is 0 Å². The third-order valence-electron chi connectivity index (χ3n) is 3.69. The highest BCUT2D eigenvalue weighted by Crippen LogP contribution is 2.24. The summed E-state index contributed by atoms with van der Waals surface area (Å²) in [5.74, 6) is 0.366. The maximum atomic E-state index is 12.5. The maximum Gasteiger partial charge on any atom is 0.225 e. The van der Waals surface area contributed by atoms with Gasteiger partial charge in [0, 0.05) is 19.0 Å². The highest BCUT2D eigenvalue weighted by Gasteiger charge is 2.37. The van der Waals surface area contributed by atoms with E-state index in [1.807, 2.05) is 18.7 Å². The second kappa shape index (κ2) is 5.55. The van der Waals surface area contributed by atoms with Crippen LogP contribution in [-0.2, 0) is 9.53 Å². The van der Waals surface area contributed by atoms with E-state index in [0.29, 0.717) is 13.1 Å². The Balaban J connectivity index is 1.99. The number of hydrogen-bond acceptors (Lipinski definition) is 4. The van der Waals surface area contributed by atoms with Crippen LogP contribution in [0.1, 0.15) is 26.7 Å². The van der Waals surface area contributed by atoms with Crippen molar-refractivity contribution in [2.75, 3.05) is 32.8 Å². The van der Waals surface area contributed by atoms with Gasteiger partial charge in [0.25, 0.3) is 0 Å². The fourth-order valence-electron chi connectivity index (χ4n) is 2.89. The lowest BCUT2D eigenvalue weighted by molar-refractivity contribution is -0.170. The molecule has 2 rings (SSSR count). The number of hydrogen-bond donors (Lipinski definition) is 2. The Morgan fingerprint density at radius 3 is 2.72 bits per heavy atom. The molecule has 1 atom stereocenters. The molecular weight excluding hydrogens is 232 g/mol. The molecule has 0 aromatic carbocycles. The average Bonchev–Trinajstić information content (AvgIpc) is 2.37. The first-order valence-electron chi connectivity index (χ1n) is 6.80. The van der Waals surface area contributed by atoms with Crippen LogP contribution in [0.15, 0.2) is 0 Å². The van der Waals surface area contributed by atoms with Gasteiger partial charge < -0.3 is 20.1 Å². The van der Waals surface area contributed by atoms with Gasteiger partial charge in [0.2, 0.25) is 5.91 Å². The van der Waals surface area contributed by atoms with E-state index in [1.54, 1.807) is 0 Å². The second-order valence-corrected chi connectivity index (χ2v) is 5.93. The minimum absolute atomic E-state index is 0.0283. The zero-order valence-corrected chi connectivity index (χ0v) is 11.3. The van der Waals surface area contributed by atoms with E-state index in [2.05, 4.69) is 5.32 Å². The molecule has 104 valence electrons. The fraction of sp³-hybridized carbons (Fsp3) is 0.923. The SMILES string of the molecule is CC1(C)CN(C(=O)C2CCNCC2)CC(CO)O1. The van der Waals surface area contributed by atoms with Gasteiger partial charge in [-0.1, -0.05) is 0 Å². The molecule has 0 aliphatic carbocycles. The number of nitrogens with zero attached hydrogens (tertiary/aromatic N) is 1. The predicted octanol–water partition coefficient (Wildman–Crippen LogP) is -0.0157. The summed E-state index contributed by atoms with van der Waals surface area (Å²) < 4.78 is 5.73. The standard InChI is InChI=1S/C13H24N2O3/c1-13(2)9-15(7-11(8-16)18-13)12(17)10-3-5-14-6-4-10/h10-11,14,16H,3-9H2,1-2H3. The van der Waals surface area contributed by atoms with Crippen LogP contribution in [0, 0.1) is 5.92 Å². The molecule has 0 spiro atoms. The third kappa shape index (κ3) is 3.22. The summed E-state index contributed by atoms with van der Waals surface area (Å²) in [6.07, 6.45) is 1.58. The van der Waals surface area contributed by atoms with Gasteiger partial charge in [0.05, 0.1) is 18.3 Å². The molecule has 2 aliphatic rings. The third-order valence-corrected chi connectivity index (χ3v) is 3.69. The van der Waals surface area contributed by atoms with E-state index in [4.69, 9.17) is 4.74 Å². The Hall–Kier alpha value is -0.650. The largest absolute Gasteiger partial charge is 0.394 e. The second-order valence-electron chi connectivity index (χ2n) is 5.93. The van der Waals surface area contributed by atoms with Crippen molar-refractivity contribution < 1.29 is 14.6 Å². The summed E-state index contributed by atoms with van der Waals surface area (Å²) in [6, 6.07) is 0. The van der Waals surface area contributed by atoms with Crippen LogP contribution < -0.4 is 5.32 Å². The van der Waals surface area contributed by atoms with Crippen LogP contribution in [0.5, 0.6) is 0 Å². The topological polar surface area (TPSA) is 61.8 Å². The predicted molar refractivity (Wildman–Crippen MR) is 68.2 cm³/mol. The number of morpholine rings is 1. The summed E-state index contributed by atoms with van der Waals surface area (Å²) in [6.45, 7) is 6.89. The molecule has 5 nitrogen and oxygen atoms in total. The first-order valence-corrected chi connectivity index (χ1v) is 6.80. The monoisotopic (exact) mass is 256 g/mol. The zero-order chi connectivity index (χ0) is 13.2. The quantitative estimate of drug-likeness (QED) is 0.729. The molecule has 1 amide bonds. The number of nitrogens with one attached hydrogen (secondary N) is 1. The van der Waals surface area contributed by atoms with E-state index >= 15 is 0 Å². The lowest BCUT2D eigenvalue weighted by Crippen LogP contribution is -2.57. The van der Waals surface area contributed by atoms with Gasteiger partial charge in [-0.25, -0.2) is 0 Å². The van der Waals surface area contributed by atoms with Gasteiger partial charge in [-0.3, -0.25) is 4.79 Å². The molecule has 2 fully saturated rings. The molecule has 2 N–H and O–H groups in total. The van der Waals surface area contributed by atoms with Gasteiger partial charge in [-0.15, -0.1) is 0 Å². The summed E-state index contributed by atoms with van der Waals surface area (Å²) in [5, 5.41) is 12.5. The molecule has 0 aromatic heterocycles. The molecule has 5 heteroatoms. The number of rotatable bonds is 2. The van der Waals surface area contributed by atoms with Crippen LogP contribution in [0.4, 0.5) is 0 Å². The first-order chi connectivity index (χ1) is 8.52. The van der Waals surface area contributed by atoms with E-state index in [0.717, 1.165) is 25.9 Å². The number of ether oxygens (including phenoxy) is 1. The zero-order valence-electron chi connectivity index (χ0n) is 11.3. The van der Waals surface area contributed by atoms with Crippen molar-refractivity contribution in [2.24, 2.45) is 5.92 Å². The molecule has 18 heavy (non-hydrogen) atoms. The van der Waals surface area contributed by atoms with Gasteiger partial charge in [-0.2, -0.15) is 0 Å². The summed E-state index contributed by atoms with van der Waals surface area (Å²) in [5.41, 5.74) is -0.367. The minimum atomic E-state index is -0.367. The molecule has 1 unspecified atom stereocenters. The van der Waals surface area contributed by atoms with Gasteiger partial charge in [0.1, 0.15) is 0 Å². The number of aliphatic hydroxyl groups excluding tert-OH is 1. The molecule has 2 heterocycles. The van der Waals surface area contributed by atoms with Crippen molar-refractivity contribution in [3.8, 4) is 0 Å². The summed E-state index contributed by atoms with van der Waals surface area (Å²) in [4.78, 5) is 14.3. The van der Waals surface area contributed by atoms with Crippen molar-refractivity contribution >= 4 is 5.91 Å². The Kier molecular flexibility index (Phi) is 4.25. The highest BCUT2D eigenvalue weighted by atomic mass is 16.5. The van der Waals surface area contributed by atoms with Crippen molar-refractivity contribution in [3.63, 3.8) is 0 Å². The van der Waals surface area contributed by atoms with E-state index in [9.17, 15) is 9.90 Å². The molecule has 0 saturated carbocycles. The molecule has 0 aromatic rings. The number of carbonyl (C=O) groups is 1. The average molecular weight is 256 g/mol. The van der Waals surface area contributed by atoms with Crippen LogP contribution in [0.3, 0.4) is 0 Å². The number of piperidine rings is 1. The molecule has 0 radical (unpaired) electrons. The van der Waals surface area contributed by atoms with Crippen molar-refractivity contribution in [3.05, 3.63) is 0 Å². The highest BCUT2D eigenvalue weighted by molar-refractivity contribution is 5.79. The van der Waals surface area contributed by atoms with Crippen molar-refractivity contribution in [1.82, 2.24) is 10.2 Å².